The fraction of sp³-hybridized carbons (Fsp3) is 0.400. The summed E-state index contributed by atoms with van der Waals surface area (Å²) in [5.41, 5.74) is 0.496. The van der Waals surface area contributed by atoms with E-state index >= 15 is 0 Å². The highest BCUT2D eigenvalue weighted by molar-refractivity contribution is 7.99. The summed E-state index contributed by atoms with van der Waals surface area (Å²) in [6.07, 6.45) is 2.98. The summed E-state index contributed by atoms with van der Waals surface area (Å²) in [5, 5.41) is 11.1. The average Bonchev–Trinajstić information content (AvgIpc) is 2.75. The van der Waals surface area contributed by atoms with Crippen molar-refractivity contribution < 1.29 is 19.1 Å². The van der Waals surface area contributed by atoms with Gasteiger partial charge in [-0.3, -0.25) is 9.59 Å². The van der Waals surface area contributed by atoms with Crippen LogP contribution >= 0.6 is 11.8 Å². The molecule has 5 nitrogen and oxygen atoms in total. The minimum Gasteiger partial charge on any atom is -0.481 e. The fourth-order valence-electron chi connectivity index (χ4n) is 0.994. The lowest BCUT2D eigenvalue weighted by Crippen LogP contribution is -2.25. The van der Waals surface area contributed by atoms with Crippen molar-refractivity contribution in [3.63, 3.8) is 0 Å². The second kappa shape index (κ2) is 6.95. The molecule has 0 atom stereocenters. The zero-order chi connectivity index (χ0) is 11.8. The van der Waals surface area contributed by atoms with Gasteiger partial charge in [-0.25, -0.2) is 0 Å². The van der Waals surface area contributed by atoms with Crippen LogP contribution in [0.15, 0.2) is 23.0 Å². The fourth-order valence-corrected chi connectivity index (χ4v) is 1.76. The van der Waals surface area contributed by atoms with E-state index in [0.717, 1.165) is 0 Å². The van der Waals surface area contributed by atoms with Gasteiger partial charge in [0.25, 0.3) is 5.91 Å². The number of rotatable bonds is 7. The molecule has 1 heterocycles. The highest BCUT2D eigenvalue weighted by Gasteiger charge is 2.05. The summed E-state index contributed by atoms with van der Waals surface area (Å²) in [4.78, 5) is 21.6. The molecular formula is C10H13NO4S. The number of amides is 1. The first-order valence-electron chi connectivity index (χ1n) is 4.80. The maximum atomic E-state index is 11.4. The third-order valence-corrected chi connectivity index (χ3v) is 2.76. The van der Waals surface area contributed by atoms with Crippen molar-refractivity contribution in [1.29, 1.82) is 0 Å². The number of carboxylic acids is 1. The van der Waals surface area contributed by atoms with Crippen LogP contribution in [-0.2, 0) is 4.79 Å². The number of nitrogens with one attached hydrogen (secondary N) is 1. The number of carbonyl (C=O) groups excluding carboxylic acids is 1. The molecule has 88 valence electrons. The molecule has 0 spiro atoms. The number of carbonyl (C=O) groups is 2. The summed E-state index contributed by atoms with van der Waals surface area (Å²) in [6, 6.07) is 1.59. The predicted octanol–water partition coefficient (Wildman–Crippen LogP) is 1.22. The van der Waals surface area contributed by atoms with E-state index in [-0.39, 0.29) is 12.3 Å². The summed E-state index contributed by atoms with van der Waals surface area (Å²) in [7, 11) is 0. The van der Waals surface area contributed by atoms with E-state index in [0.29, 0.717) is 23.6 Å². The third-order valence-electron chi connectivity index (χ3n) is 1.78. The quantitative estimate of drug-likeness (QED) is 0.704. The maximum absolute atomic E-state index is 11.4. The molecule has 0 aliphatic heterocycles. The molecule has 0 aromatic carbocycles. The van der Waals surface area contributed by atoms with Crippen LogP contribution in [0.25, 0.3) is 0 Å². The number of hydrogen-bond acceptors (Lipinski definition) is 4. The van der Waals surface area contributed by atoms with Crippen molar-refractivity contribution in [3.8, 4) is 0 Å². The Labute approximate surface area is 97.2 Å². The third kappa shape index (κ3) is 4.88. The van der Waals surface area contributed by atoms with Crippen LogP contribution in [0.2, 0.25) is 0 Å². The zero-order valence-electron chi connectivity index (χ0n) is 8.64. The van der Waals surface area contributed by atoms with Crippen molar-refractivity contribution in [2.45, 2.75) is 6.42 Å². The number of carboxylic acid groups (broad SMARTS) is 1. The molecule has 1 aromatic heterocycles. The smallest absolute Gasteiger partial charge is 0.304 e. The van der Waals surface area contributed by atoms with Crippen LogP contribution in [0, 0.1) is 0 Å². The lowest BCUT2D eigenvalue weighted by molar-refractivity contribution is -0.136. The topological polar surface area (TPSA) is 79.5 Å². The van der Waals surface area contributed by atoms with Gasteiger partial charge < -0.3 is 14.8 Å². The first kappa shape index (κ1) is 12.6. The first-order valence-corrected chi connectivity index (χ1v) is 5.95. The minimum absolute atomic E-state index is 0.153. The molecular weight excluding hydrogens is 230 g/mol. The Bertz CT molecular complexity index is 337. The molecule has 1 rings (SSSR count). The molecule has 1 aromatic rings. The van der Waals surface area contributed by atoms with Crippen molar-refractivity contribution in [2.75, 3.05) is 18.1 Å². The average molecular weight is 243 g/mol. The second-order valence-corrected chi connectivity index (χ2v) is 4.25. The van der Waals surface area contributed by atoms with Gasteiger partial charge >= 0.3 is 5.97 Å². The summed E-state index contributed by atoms with van der Waals surface area (Å²) in [6.45, 7) is 0.522. The van der Waals surface area contributed by atoms with Crippen LogP contribution in [0.5, 0.6) is 0 Å². The zero-order valence-corrected chi connectivity index (χ0v) is 9.46. The Kier molecular flexibility index (Phi) is 5.49. The van der Waals surface area contributed by atoms with Gasteiger partial charge in [-0.05, 0) is 6.07 Å². The van der Waals surface area contributed by atoms with Crippen molar-refractivity contribution >= 4 is 23.6 Å². The van der Waals surface area contributed by atoms with E-state index in [1.165, 1.54) is 24.3 Å². The molecule has 0 fully saturated rings. The molecule has 0 aliphatic rings. The minimum atomic E-state index is -0.796. The molecule has 0 unspecified atom stereocenters. The second-order valence-electron chi connectivity index (χ2n) is 3.02. The highest BCUT2D eigenvalue weighted by Crippen LogP contribution is 2.02. The van der Waals surface area contributed by atoms with Gasteiger partial charge in [-0.2, -0.15) is 11.8 Å². The van der Waals surface area contributed by atoms with Gasteiger partial charge in [-0.15, -0.1) is 0 Å². The van der Waals surface area contributed by atoms with Crippen LogP contribution in [0.1, 0.15) is 16.8 Å². The van der Waals surface area contributed by atoms with E-state index in [4.69, 9.17) is 9.52 Å². The van der Waals surface area contributed by atoms with Gasteiger partial charge in [0.1, 0.15) is 6.26 Å². The predicted molar refractivity (Wildman–Crippen MR) is 60.6 cm³/mol. The van der Waals surface area contributed by atoms with Crippen molar-refractivity contribution in [2.24, 2.45) is 0 Å². The Morgan fingerprint density at radius 1 is 1.44 bits per heavy atom. The van der Waals surface area contributed by atoms with E-state index in [2.05, 4.69) is 5.32 Å². The van der Waals surface area contributed by atoms with E-state index in [1.54, 1.807) is 6.07 Å². The molecule has 0 radical (unpaired) electrons. The van der Waals surface area contributed by atoms with E-state index < -0.39 is 5.97 Å². The number of aliphatic carboxylic acids is 1. The van der Waals surface area contributed by atoms with Crippen LogP contribution in [0.4, 0.5) is 0 Å². The molecule has 1 amide bonds. The van der Waals surface area contributed by atoms with Crippen LogP contribution in [-0.4, -0.2) is 35.0 Å². The molecule has 2 N–H and O–H groups in total. The summed E-state index contributed by atoms with van der Waals surface area (Å²) in [5.74, 6) is 0.302. The number of hydrogen-bond donors (Lipinski definition) is 2. The maximum Gasteiger partial charge on any atom is 0.304 e. The van der Waals surface area contributed by atoms with Crippen molar-refractivity contribution in [3.05, 3.63) is 24.2 Å². The Morgan fingerprint density at radius 3 is 2.88 bits per heavy atom. The lowest BCUT2D eigenvalue weighted by atomic mass is 10.3. The van der Waals surface area contributed by atoms with Gasteiger partial charge in [-0.1, -0.05) is 0 Å². The first-order chi connectivity index (χ1) is 7.70. The molecule has 0 aliphatic carbocycles. The largest absolute Gasteiger partial charge is 0.481 e. The Morgan fingerprint density at radius 2 is 2.25 bits per heavy atom. The highest BCUT2D eigenvalue weighted by atomic mass is 32.2. The van der Waals surface area contributed by atoms with E-state index in [1.807, 2.05) is 0 Å². The van der Waals surface area contributed by atoms with Crippen LogP contribution in [0.3, 0.4) is 0 Å². The Balaban J connectivity index is 2.03. The van der Waals surface area contributed by atoms with Crippen molar-refractivity contribution in [1.82, 2.24) is 5.32 Å². The summed E-state index contributed by atoms with van der Waals surface area (Å²) >= 11 is 1.50. The van der Waals surface area contributed by atoms with Crippen LogP contribution < -0.4 is 5.32 Å². The monoisotopic (exact) mass is 243 g/mol. The Hall–Kier alpha value is -1.43. The van der Waals surface area contributed by atoms with E-state index in [9.17, 15) is 9.59 Å². The molecule has 0 saturated heterocycles. The SMILES string of the molecule is O=C(O)CCSCCNC(=O)c1ccoc1. The van der Waals surface area contributed by atoms with Gasteiger partial charge in [0.15, 0.2) is 0 Å². The standard InChI is InChI=1S/C10H13NO4S/c12-9(13)2-5-16-6-3-11-10(14)8-1-4-15-7-8/h1,4,7H,2-3,5-6H2,(H,11,14)(H,12,13). The lowest BCUT2D eigenvalue weighted by Gasteiger charge is -2.02. The molecule has 0 bridgehead atoms. The molecule has 16 heavy (non-hydrogen) atoms. The normalized spacial score (nSPS) is 10.0. The number of furan rings is 1. The van der Waals surface area contributed by atoms with Gasteiger partial charge in [0.05, 0.1) is 18.2 Å². The number of thioether (sulfide) groups is 1. The van der Waals surface area contributed by atoms with Gasteiger partial charge in [0, 0.05) is 18.1 Å². The summed E-state index contributed by atoms with van der Waals surface area (Å²) < 4.78 is 4.78. The molecule has 6 heteroatoms. The molecule has 0 saturated carbocycles. The van der Waals surface area contributed by atoms with Gasteiger partial charge in [0.2, 0.25) is 0 Å².